The van der Waals surface area contributed by atoms with E-state index < -0.39 is 0 Å². The Balaban J connectivity index is 1.77. The second-order valence-electron chi connectivity index (χ2n) is 4.80. The van der Waals surface area contributed by atoms with Crippen LogP contribution in [0, 0.1) is 11.8 Å². The van der Waals surface area contributed by atoms with E-state index in [1.807, 2.05) is 0 Å². The van der Waals surface area contributed by atoms with Crippen molar-refractivity contribution in [2.75, 3.05) is 18.4 Å². The predicted molar refractivity (Wildman–Crippen MR) is 66.6 cm³/mol. The van der Waals surface area contributed by atoms with Gasteiger partial charge in [-0.25, -0.2) is 0 Å². The van der Waals surface area contributed by atoms with Crippen molar-refractivity contribution < 1.29 is 4.79 Å². The second kappa shape index (κ2) is 5.82. The number of hydrogen-bond donors (Lipinski definition) is 3. The first-order valence-corrected chi connectivity index (χ1v) is 6.25. The number of rotatable bonds is 4. The lowest BCUT2D eigenvalue weighted by molar-refractivity contribution is -0.117. The predicted octanol–water partition coefficient (Wildman–Crippen LogP) is 1.37. The number of aromatic amines is 1. The van der Waals surface area contributed by atoms with Gasteiger partial charge in [-0.05, 0) is 37.8 Å². The Bertz CT molecular complexity index is 343. The molecule has 1 amide bonds. The van der Waals surface area contributed by atoms with E-state index in [1.54, 1.807) is 12.4 Å². The summed E-state index contributed by atoms with van der Waals surface area (Å²) in [6.07, 6.45) is 6.26. The van der Waals surface area contributed by atoms with E-state index in [1.165, 1.54) is 12.8 Å². The number of carbonyl (C=O) groups is 1. The molecule has 2 heterocycles. The second-order valence-corrected chi connectivity index (χ2v) is 4.80. The molecule has 2 rings (SSSR count). The van der Waals surface area contributed by atoms with Crippen molar-refractivity contribution in [1.82, 2.24) is 15.5 Å². The number of nitrogens with zero attached hydrogens (tertiary/aromatic N) is 1. The SMILES string of the molecule is CC(CC(=O)Nc1cn[nH]c1)C1CCNCC1. The maximum atomic E-state index is 11.8. The standard InChI is InChI=1S/C12H20N4O/c1-9(10-2-4-13-5-3-10)6-12(17)16-11-7-14-15-8-11/h7-10,13H,2-6H2,1H3,(H,14,15)(H,16,17). The molecule has 0 bridgehead atoms. The van der Waals surface area contributed by atoms with E-state index in [-0.39, 0.29) is 5.91 Å². The molecular formula is C12H20N4O. The molecule has 1 aromatic rings. The van der Waals surface area contributed by atoms with Crippen molar-refractivity contribution >= 4 is 11.6 Å². The highest BCUT2D eigenvalue weighted by Gasteiger charge is 2.21. The van der Waals surface area contributed by atoms with Crippen molar-refractivity contribution in [2.24, 2.45) is 11.8 Å². The van der Waals surface area contributed by atoms with Gasteiger partial charge in [0.25, 0.3) is 0 Å². The summed E-state index contributed by atoms with van der Waals surface area (Å²) in [5, 5.41) is 12.7. The highest BCUT2D eigenvalue weighted by Crippen LogP contribution is 2.24. The van der Waals surface area contributed by atoms with E-state index in [0.29, 0.717) is 18.3 Å². The Kier molecular flexibility index (Phi) is 4.14. The van der Waals surface area contributed by atoms with Gasteiger partial charge in [0.2, 0.25) is 5.91 Å². The molecule has 0 aliphatic carbocycles. The molecule has 94 valence electrons. The summed E-state index contributed by atoms with van der Waals surface area (Å²) in [5.41, 5.74) is 0.743. The zero-order valence-corrected chi connectivity index (χ0v) is 10.2. The first kappa shape index (κ1) is 12.1. The van der Waals surface area contributed by atoms with Crippen LogP contribution in [0.1, 0.15) is 26.2 Å². The van der Waals surface area contributed by atoms with Crippen molar-refractivity contribution in [2.45, 2.75) is 26.2 Å². The molecule has 1 aliphatic rings. The normalized spacial score (nSPS) is 18.9. The molecule has 0 saturated carbocycles. The van der Waals surface area contributed by atoms with E-state index in [4.69, 9.17) is 0 Å². The van der Waals surface area contributed by atoms with Gasteiger partial charge in [-0.1, -0.05) is 6.92 Å². The summed E-state index contributed by atoms with van der Waals surface area (Å²) in [4.78, 5) is 11.8. The zero-order chi connectivity index (χ0) is 12.1. The van der Waals surface area contributed by atoms with Crippen LogP contribution in [0.2, 0.25) is 0 Å². The molecule has 5 nitrogen and oxygen atoms in total. The lowest BCUT2D eigenvalue weighted by Crippen LogP contribution is -2.32. The van der Waals surface area contributed by atoms with Gasteiger partial charge < -0.3 is 10.6 Å². The lowest BCUT2D eigenvalue weighted by Gasteiger charge is -2.27. The molecule has 1 unspecified atom stereocenters. The number of piperidine rings is 1. The van der Waals surface area contributed by atoms with E-state index in [9.17, 15) is 4.79 Å². The van der Waals surface area contributed by atoms with Crippen LogP contribution >= 0.6 is 0 Å². The number of carbonyl (C=O) groups excluding carboxylic acids is 1. The Morgan fingerprint density at radius 3 is 3.00 bits per heavy atom. The minimum absolute atomic E-state index is 0.0810. The maximum absolute atomic E-state index is 11.8. The highest BCUT2D eigenvalue weighted by molar-refractivity contribution is 5.90. The molecule has 17 heavy (non-hydrogen) atoms. The minimum atomic E-state index is 0.0810. The van der Waals surface area contributed by atoms with E-state index >= 15 is 0 Å². The molecule has 5 heteroatoms. The molecule has 1 fully saturated rings. The average molecular weight is 236 g/mol. The van der Waals surface area contributed by atoms with Crippen LogP contribution in [0.5, 0.6) is 0 Å². The van der Waals surface area contributed by atoms with Crippen molar-refractivity contribution in [3.05, 3.63) is 12.4 Å². The lowest BCUT2D eigenvalue weighted by atomic mass is 9.84. The summed E-state index contributed by atoms with van der Waals surface area (Å²) < 4.78 is 0. The molecular weight excluding hydrogens is 216 g/mol. The Labute approximate surface area is 101 Å². The summed E-state index contributed by atoms with van der Waals surface area (Å²) in [5.74, 6) is 1.20. The molecule has 0 spiro atoms. The molecule has 1 atom stereocenters. The third kappa shape index (κ3) is 3.56. The first-order valence-electron chi connectivity index (χ1n) is 6.25. The molecule has 1 aliphatic heterocycles. The fourth-order valence-corrected chi connectivity index (χ4v) is 2.40. The summed E-state index contributed by atoms with van der Waals surface area (Å²) in [6, 6.07) is 0. The summed E-state index contributed by atoms with van der Waals surface area (Å²) >= 11 is 0. The van der Waals surface area contributed by atoms with Gasteiger partial charge in [0.05, 0.1) is 11.9 Å². The number of H-pyrrole nitrogens is 1. The quantitative estimate of drug-likeness (QED) is 0.739. The third-order valence-corrected chi connectivity index (χ3v) is 3.48. The van der Waals surface area contributed by atoms with Crippen LogP contribution in [0.25, 0.3) is 0 Å². The molecule has 1 aromatic heterocycles. The summed E-state index contributed by atoms with van der Waals surface area (Å²) in [6.45, 7) is 4.33. The molecule has 0 aromatic carbocycles. The minimum Gasteiger partial charge on any atom is -0.323 e. The Hall–Kier alpha value is -1.36. The average Bonchev–Trinajstić information content (AvgIpc) is 2.82. The van der Waals surface area contributed by atoms with Crippen molar-refractivity contribution in [1.29, 1.82) is 0 Å². The molecule has 3 N–H and O–H groups in total. The van der Waals surface area contributed by atoms with E-state index in [0.717, 1.165) is 18.8 Å². The monoisotopic (exact) mass is 236 g/mol. The van der Waals surface area contributed by atoms with Crippen LogP contribution in [0.15, 0.2) is 12.4 Å². The number of hydrogen-bond acceptors (Lipinski definition) is 3. The number of amides is 1. The fraction of sp³-hybridized carbons (Fsp3) is 0.667. The van der Waals surface area contributed by atoms with E-state index in [2.05, 4.69) is 27.8 Å². The third-order valence-electron chi connectivity index (χ3n) is 3.48. The van der Waals surface area contributed by atoms with Crippen molar-refractivity contribution in [3.63, 3.8) is 0 Å². The molecule has 1 saturated heterocycles. The van der Waals surface area contributed by atoms with Crippen LogP contribution < -0.4 is 10.6 Å². The smallest absolute Gasteiger partial charge is 0.224 e. The van der Waals surface area contributed by atoms with Gasteiger partial charge in [0.15, 0.2) is 0 Å². The maximum Gasteiger partial charge on any atom is 0.224 e. The van der Waals surface area contributed by atoms with Crippen LogP contribution in [0.3, 0.4) is 0 Å². The van der Waals surface area contributed by atoms with Crippen LogP contribution in [0.4, 0.5) is 5.69 Å². The topological polar surface area (TPSA) is 69.8 Å². The number of anilines is 1. The van der Waals surface area contributed by atoms with Gasteiger partial charge >= 0.3 is 0 Å². The van der Waals surface area contributed by atoms with Crippen LogP contribution in [-0.4, -0.2) is 29.2 Å². The number of aromatic nitrogens is 2. The summed E-state index contributed by atoms with van der Waals surface area (Å²) in [7, 11) is 0. The van der Waals surface area contributed by atoms with Gasteiger partial charge in [-0.15, -0.1) is 0 Å². The Morgan fingerprint density at radius 1 is 1.59 bits per heavy atom. The fourth-order valence-electron chi connectivity index (χ4n) is 2.40. The van der Waals surface area contributed by atoms with Gasteiger partial charge in [0.1, 0.15) is 0 Å². The van der Waals surface area contributed by atoms with Gasteiger partial charge in [-0.2, -0.15) is 5.10 Å². The van der Waals surface area contributed by atoms with Gasteiger partial charge in [0, 0.05) is 12.6 Å². The highest BCUT2D eigenvalue weighted by atomic mass is 16.1. The molecule has 0 radical (unpaired) electrons. The van der Waals surface area contributed by atoms with Crippen LogP contribution in [-0.2, 0) is 4.79 Å². The van der Waals surface area contributed by atoms with Gasteiger partial charge in [-0.3, -0.25) is 9.89 Å². The van der Waals surface area contributed by atoms with Crippen molar-refractivity contribution in [3.8, 4) is 0 Å². The Morgan fingerprint density at radius 2 is 2.35 bits per heavy atom. The largest absolute Gasteiger partial charge is 0.323 e. The first-order chi connectivity index (χ1) is 8.25. The number of nitrogens with one attached hydrogen (secondary N) is 3. The zero-order valence-electron chi connectivity index (χ0n) is 10.2.